The molecule has 0 spiro atoms. The van der Waals surface area contributed by atoms with Gasteiger partial charge in [-0.05, 0) is 38.9 Å². The van der Waals surface area contributed by atoms with Crippen LogP contribution in [0.25, 0.3) is 11.3 Å². The van der Waals surface area contributed by atoms with Crippen molar-refractivity contribution in [2.24, 2.45) is 0 Å². The summed E-state index contributed by atoms with van der Waals surface area (Å²) < 4.78 is 11.5. The van der Waals surface area contributed by atoms with E-state index in [0.29, 0.717) is 48.6 Å². The lowest BCUT2D eigenvalue weighted by atomic mass is 9.84. The summed E-state index contributed by atoms with van der Waals surface area (Å²) in [5.41, 5.74) is 3.90. The zero-order valence-electron chi connectivity index (χ0n) is 20.5. The van der Waals surface area contributed by atoms with E-state index in [9.17, 15) is 5.11 Å². The second kappa shape index (κ2) is 12.1. The van der Waals surface area contributed by atoms with Crippen molar-refractivity contribution in [1.29, 1.82) is 0 Å². The van der Waals surface area contributed by atoms with Crippen LogP contribution in [0.5, 0.6) is 5.75 Å². The summed E-state index contributed by atoms with van der Waals surface area (Å²) in [7, 11) is 1.94. The van der Waals surface area contributed by atoms with Gasteiger partial charge in [-0.15, -0.1) is 0 Å². The Morgan fingerprint density at radius 1 is 1.17 bits per heavy atom. The van der Waals surface area contributed by atoms with Crippen LogP contribution < -0.4 is 10.1 Å². The monoisotopic (exact) mass is 481 g/mol. The fraction of sp³-hybridized carbons (Fsp3) is 0.500. The molecular formula is C26H35N5O4. The zero-order valence-corrected chi connectivity index (χ0v) is 20.5. The largest absolute Gasteiger partial charge is 0.492 e. The van der Waals surface area contributed by atoms with Crippen LogP contribution in [-0.2, 0) is 6.61 Å². The van der Waals surface area contributed by atoms with Gasteiger partial charge in [0.15, 0.2) is 0 Å². The summed E-state index contributed by atoms with van der Waals surface area (Å²) in [6.45, 7) is 3.70. The molecule has 0 aliphatic heterocycles. The zero-order chi connectivity index (χ0) is 24.6. The van der Waals surface area contributed by atoms with Crippen LogP contribution >= 0.6 is 0 Å². The maximum atomic E-state index is 10.00. The van der Waals surface area contributed by atoms with Gasteiger partial charge in [0.05, 0.1) is 30.2 Å². The minimum Gasteiger partial charge on any atom is -0.492 e. The molecule has 0 radical (unpaired) electrons. The maximum Gasteiger partial charge on any atom is 0.227 e. The van der Waals surface area contributed by atoms with Gasteiger partial charge in [-0.2, -0.15) is 0 Å². The molecule has 9 heteroatoms. The summed E-state index contributed by atoms with van der Waals surface area (Å²) in [6, 6.07) is 7.62. The van der Waals surface area contributed by atoms with Crippen LogP contribution in [0.3, 0.4) is 0 Å². The molecule has 4 rings (SSSR count). The summed E-state index contributed by atoms with van der Waals surface area (Å²) >= 11 is 0. The first-order valence-corrected chi connectivity index (χ1v) is 12.3. The highest BCUT2D eigenvalue weighted by molar-refractivity contribution is 5.69. The summed E-state index contributed by atoms with van der Waals surface area (Å²) in [4.78, 5) is 11.2. The first-order chi connectivity index (χ1) is 17.1. The molecule has 0 unspecified atom stereocenters. The standard InChI is InChI=1S/C26H35N5O4/c1-18-23(25(30-35-18)19-7-4-3-5-8-19)24-20(17-33)16-27-26(29-24)28-21-9-6-10-22(15-21)34-14-12-31(2)11-13-32/h6,9-10,15-16,19,32-33H,3-5,7-8,11-14,17H2,1-2H3,(H,27,28,29). The first-order valence-electron chi connectivity index (χ1n) is 12.3. The number of aryl methyl sites for hydroxylation is 1. The van der Waals surface area contributed by atoms with Gasteiger partial charge in [0.2, 0.25) is 5.95 Å². The Bertz CT molecular complexity index is 1100. The second-order valence-corrected chi connectivity index (χ2v) is 9.09. The number of nitrogens with zero attached hydrogens (tertiary/aromatic N) is 4. The Morgan fingerprint density at radius 2 is 2.00 bits per heavy atom. The molecule has 9 nitrogen and oxygen atoms in total. The number of benzene rings is 1. The fourth-order valence-electron chi connectivity index (χ4n) is 4.53. The molecule has 1 aromatic carbocycles. The molecule has 0 atom stereocenters. The molecule has 2 aromatic heterocycles. The molecule has 0 saturated heterocycles. The molecule has 0 amide bonds. The molecular weight excluding hydrogens is 446 g/mol. The average molecular weight is 482 g/mol. The van der Waals surface area contributed by atoms with Gasteiger partial charge in [0.25, 0.3) is 0 Å². The normalized spacial score (nSPS) is 14.4. The molecule has 0 bridgehead atoms. The van der Waals surface area contributed by atoms with Crippen molar-refractivity contribution in [2.75, 3.05) is 38.7 Å². The molecule has 1 fully saturated rings. The van der Waals surface area contributed by atoms with Crippen molar-refractivity contribution < 1.29 is 19.5 Å². The third kappa shape index (κ3) is 6.36. The summed E-state index contributed by atoms with van der Waals surface area (Å²) in [6.07, 6.45) is 7.47. The van der Waals surface area contributed by atoms with Crippen molar-refractivity contribution in [3.8, 4) is 17.0 Å². The lowest BCUT2D eigenvalue weighted by Gasteiger charge is -2.20. The molecule has 1 saturated carbocycles. The second-order valence-electron chi connectivity index (χ2n) is 9.09. The minimum absolute atomic E-state index is 0.128. The number of ether oxygens (including phenoxy) is 1. The average Bonchev–Trinajstić information content (AvgIpc) is 3.26. The highest BCUT2D eigenvalue weighted by Gasteiger charge is 2.27. The van der Waals surface area contributed by atoms with Crippen LogP contribution in [0.2, 0.25) is 0 Å². The predicted molar refractivity (Wildman–Crippen MR) is 134 cm³/mol. The smallest absolute Gasteiger partial charge is 0.227 e. The molecule has 35 heavy (non-hydrogen) atoms. The van der Waals surface area contributed by atoms with E-state index in [-0.39, 0.29) is 13.2 Å². The number of hydrogen-bond acceptors (Lipinski definition) is 9. The first kappa shape index (κ1) is 25.1. The summed E-state index contributed by atoms with van der Waals surface area (Å²) in [5.74, 6) is 2.20. The molecule has 2 heterocycles. The Kier molecular flexibility index (Phi) is 8.68. The number of aliphatic hydroxyl groups is 2. The van der Waals surface area contributed by atoms with Crippen molar-refractivity contribution in [2.45, 2.75) is 51.6 Å². The number of likely N-dealkylation sites (N-methyl/N-ethyl adjacent to an activating group) is 1. The van der Waals surface area contributed by atoms with E-state index in [4.69, 9.17) is 19.4 Å². The molecule has 3 aromatic rings. The van der Waals surface area contributed by atoms with E-state index < -0.39 is 0 Å². The Labute approximate surface area is 206 Å². The van der Waals surface area contributed by atoms with Crippen LogP contribution in [0.1, 0.15) is 55.0 Å². The van der Waals surface area contributed by atoms with E-state index >= 15 is 0 Å². The van der Waals surface area contributed by atoms with Crippen LogP contribution in [0, 0.1) is 6.92 Å². The van der Waals surface area contributed by atoms with Gasteiger partial charge in [0, 0.05) is 42.5 Å². The number of anilines is 2. The molecule has 3 N–H and O–H groups in total. The van der Waals surface area contributed by atoms with E-state index in [2.05, 4.69) is 15.5 Å². The number of rotatable bonds is 11. The number of nitrogens with one attached hydrogen (secondary N) is 1. The third-order valence-electron chi connectivity index (χ3n) is 6.47. The number of hydrogen-bond donors (Lipinski definition) is 3. The van der Waals surface area contributed by atoms with Gasteiger partial charge in [-0.3, -0.25) is 0 Å². The minimum atomic E-state index is -0.168. The fourth-order valence-corrected chi connectivity index (χ4v) is 4.53. The molecule has 1 aliphatic rings. The van der Waals surface area contributed by atoms with Gasteiger partial charge in [-0.1, -0.05) is 30.5 Å². The maximum absolute atomic E-state index is 10.00. The highest BCUT2D eigenvalue weighted by atomic mass is 16.5. The lowest BCUT2D eigenvalue weighted by molar-refractivity contribution is 0.192. The van der Waals surface area contributed by atoms with E-state index in [1.54, 1.807) is 6.20 Å². The van der Waals surface area contributed by atoms with Crippen LogP contribution in [0.4, 0.5) is 11.6 Å². The van der Waals surface area contributed by atoms with Crippen LogP contribution in [-0.4, -0.2) is 63.6 Å². The molecule has 188 valence electrons. The quantitative estimate of drug-likeness (QED) is 0.373. The Hall–Kier alpha value is -3.01. The number of aliphatic hydroxyl groups excluding tert-OH is 2. The lowest BCUT2D eigenvalue weighted by Crippen LogP contribution is -2.27. The highest BCUT2D eigenvalue weighted by Crippen LogP contribution is 2.39. The topological polar surface area (TPSA) is 117 Å². The van der Waals surface area contributed by atoms with Gasteiger partial charge in [0.1, 0.15) is 18.1 Å². The van der Waals surface area contributed by atoms with Crippen molar-refractivity contribution >= 4 is 11.6 Å². The summed E-state index contributed by atoms with van der Waals surface area (Å²) in [5, 5.41) is 26.7. The third-order valence-corrected chi connectivity index (χ3v) is 6.47. The van der Waals surface area contributed by atoms with Gasteiger partial charge < -0.3 is 29.7 Å². The van der Waals surface area contributed by atoms with Crippen LogP contribution in [0.15, 0.2) is 35.0 Å². The van der Waals surface area contributed by atoms with Crippen molar-refractivity contribution in [3.05, 3.63) is 47.5 Å². The predicted octanol–water partition coefficient (Wildman–Crippen LogP) is 4.03. The van der Waals surface area contributed by atoms with Crippen molar-refractivity contribution in [3.63, 3.8) is 0 Å². The SMILES string of the molecule is Cc1onc(C2CCCCC2)c1-c1nc(Nc2cccc(OCCN(C)CCO)c2)ncc1CO. The number of aromatic nitrogens is 3. The van der Waals surface area contributed by atoms with E-state index in [1.807, 2.05) is 43.1 Å². The van der Waals surface area contributed by atoms with E-state index in [0.717, 1.165) is 35.5 Å². The Morgan fingerprint density at radius 3 is 2.77 bits per heavy atom. The van der Waals surface area contributed by atoms with Crippen molar-refractivity contribution in [1.82, 2.24) is 20.0 Å². The van der Waals surface area contributed by atoms with Gasteiger partial charge >= 0.3 is 0 Å². The van der Waals surface area contributed by atoms with Gasteiger partial charge in [-0.25, -0.2) is 9.97 Å². The van der Waals surface area contributed by atoms with E-state index in [1.165, 1.54) is 19.3 Å². The molecule has 1 aliphatic carbocycles. The Balaban J connectivity index is 1.53.